The molecule has 1 aliphatic heterocycles. The third-order valence-corrected chi connectivity index (χ3v) is 3.70. The van der Waals surface area contributed by atoms with Gasteiger partial charge in [-0.05, 0) is 19.9 Å². The van der Waals surface area contributed by atoms with Crippen molar-refractivity contribution >= 4 is 0 Å². The van der Waals surface area contributed by atoms with E-state index in [-0.39, 0.29) is 24.0 Å². The Morgan fingerprint density at radius 2 is 1.71 bits per heavy atom. The van der Waals surface area contributed by atoms with Crippen LogP contribution in [0.15, 0.2) is 36.5 Å². The van der Waals surface area contributed by atoms with Gasteiger partial charge in [0.05, 0.1) is 20.1 Å². The van der Waals surface area contributed by atoms with Crippen LogP contribution in [0.25, 0.3) is 0 Å². The molecule has 0 spiro atoms. The molecule has 2 atom stereocenters. The van der Waals surface area contributed by atoms with Crippen molar-refractivity contribution in [2.45, 2.75) is 45.2 Å². The molecule has 0 radical (unpaired) electrons. The number of hydrogen-bond donors (Lipinski definition) is 0. The molecule has 1 rings (SSSR count). The van der Waals surface area contributed by atoms with Crippen molar-refractivity contribution in [3.05, 3.63) is 36.5 Å². The van der Waals surface area contributed by atoms with Crippen LogP contribution in [0.2, 0.25) is 0 Å². The smallest absolute Gasteiger partial charge is 0.111 e. The normalized spacial score (nSPS) is 26.1. The van der Waals surface area contributed by atoms with Gasteiger partial charge < -0.3 is 28.5 Å². The standard InChI is InChI=1S/C15H26N.HI/c1-12(2)10-14-8-7-9-15(11-13(3)4)16(14,5)6;/h7-8,14-15H,1,3,9-11H2,2,4-6H3;1H/q+1;/p-1. The third-order valence-electron chi connectivity index (χ3n) is 3.70. The lowest BCUT2D eigenvalue weighted by atomic mass is 9.92. The molecule has 0 bridgehead atoms. The Morgan fingerprint density at radius 1 is 1.18 bits per heavy atom. The first-order chi connectivity index (χ1) is 7.34. The summed E-state index contributed by atoms with van der Waals surface area (Å²) in [5, 5.41) is 0. The Hall–Kier alpha value is -0.0900. The van der Waals surface area contributed by atoms with E-state index >= 15 is 0 Å². The molecule has 1 aliphatic rings. The Labute approximate surface area is 124 Å². The Kier molecular flexibility index (Phi) is 6.70. The van der Waals surface area contributed by atoms with E-state index in [0.717, 1.165) is 17.3 Å². The number of halogens is 1. The maximum Gasteiger partial charge on any atom is 0.111 e. The van der Waals surface area contributed by atoms with Gasteiger partial charge in [-0.25, -0.2) is 0 Å². The third kappa shape index (κ3) is 4.59. The predicted octanol–water partition coefficient (Wildman–Crippen LogP) is 0.696. The van der Waals surface area contributed by atoms with Crippen LogP contribution in [0, 0.1) is 0 Å². The highest BCUT2D eigenvalue weighted by atomic mass is 127. The van der Waals surface area contributed by atoms with Crippen LogP contribution in [-0.4, -0.2) is 30.7 Å². The van der Waals surface area contributed by atoms with Crippen molar-refractivity contribution in [3.63, 3.8) is 0 Å². The predicted molar refractivity (Wildman–Crippen MR) is 72.3 cm³/mol. The van der Waals surface area contributed by atoms with Crippen molar-refractivity contribution in [2.75, 3.05) is 14.1 Å². The highest BCUT2D eigenvalue weighted by molar-refractivity contribution is 5.05. The van der Waals surface area contributed by atoms with Crippen LogP contribution in [0.4, 0.5) is 0 Å². The van der Waals surface area contributed by atoms with Crippen LogP contribution in [0.3, 0.4) is 0 Å². The van der Waals surface area contributed by atoms with Crippen LogP contribution in [0.1, 0.15) is 33.1 Å². The van der Waals surface area contributed by atoms with Gasteiger partial charge >= 0.3 is 0 Å². The number of quaternary nitrogens is 1. The largest absolute Gasteiger partial charge is 1.00 e. The second kappa shape index (κ2) is 6.74. The molecule has 0 N–H and O–H groups in total. The number of likely N-dealkylation sites (N-methyl/N-ethyl adjacent to an activating group) is 1. The quantitative estimate of drug-likeness (QED) is 0.399. The van der Waals surface area contributed by atoms with Gasteiger partial charge in [-0.3, -0.25) is 0 Å². The van der Waals surface area contributed by atoms with Gasteiger partial charge in [-0.15, -0.1) is 0 Å². The van der Waals surface area contributed by atoms with Gasteiger partial charge in [0.15, 0.2) is 0 Å². The zero-order chi connectivity index (χ0) is 12.3. The van der Waals surface area contributed by atoms with Crippen molar-refractivity contribution in [1.82, 2.24) is 0 Å². The molecule has 2 heteroatoms. The first-order valence-corrected chi connectivity index (χ1v) is 6.12. The molecule has 98 valence electrons. The summed E-state index contributed by atoms with van der Waals surface area (Å²) in [5.74, 6) is 0. The molecule has 0 aromatic heterocycles. The number of rotatable bonds is 4. The fraction of sp³-hybridized carbons (Fsp3) is 0.600. The molecule has 1 nitrogen and oxygen atoms in total. The highest BCUT2D eigenvalue weighted by Gasteiger charge is 2.36. The zero-order valence-corrected chi connectivity index (χ0v) is 13.8. The second-order valence-electron chi connectivity index (χ2n) is 5.84. The summed E-state index contributed by atoms with van der Waals surface area (Å²) < 4.78 is 1.07. The average molecular weight is 347 g/mol. The Balaban J connectivity index is 0.00000256. The van der Waals surface area contributed by atoms with Gasteiger partial charge in [0.1, 0.15) is 6.04 Å². The van der Waals surface area contributed by atoms with Gasteiger partial charge in [-0.1, -0.05) is 30.4 Å². The van der Waals surface area contributed by atoms with Gasteiger partial charge in [-0.2, -0.15) is 0 Å². The first kappa shape index (κ1) is 16.9. The van der Waals surface area contributed by atoms with E-state index in [9.17, 15) is 0 Å². The molecule has 0 saturated heterocycles. The lowest BCUT2D eigenvalue weighted by Crippen LogP contribution is -3.00. The minimum atomic E-state index is 0. The summed E-state index contributed by atoms with van der Waals surface area (Å²) in [4.78, 5) is 0. The van der Waals surface area contributed by atoms with Crippen molar-refractivity contribution in [3.8, 4) is 0 Å². The van der Waals surface area contributed by atoms with E-state index in [1.54, 1.807) is 0 Å². The number of nitrogens with zero attached hydrogens (tertiary/aromatic N) is 1. The average Bonchev–Trinajstić information content (AvgIpc) is 2.11. The summed E-state index contributed by atoms with van der Waals surface area (Å²) >= 11 is 0. The fourth-order valence-electron chi connectivity index (χ4n) is 2.54. The van der Waals surface area contributed by atoms with E-state index in [4.69, 9.17) is 0 Å². The lowest BCUT2D eigenvalue weighted by molar-refractivity contribution is -0.933. The van der Waals surface area contributed by atoms with Crippen LogP contribution in [-0.2, 0) is 0 Å². The monoisotopic (exact) mass is 347 g/mol. The molecule has 0 aromatic carbocycles. The summed E-state index contributed by atoms with van der Waals surface area (Å²) in [7, 11) is 4.68. The van der Waals surface area contributed by atoms with E-state index < -0.39 is 0 Å². The maximum atomic E-state index is 4.05. The summed E-state index contributed by atoms with van der Waals surface area (Å²) in [6.07, 6.45) is 8.10. The number of hydrogen-bond acceptors (Lipinski definition) is 0. The van der Waals surface area contributed by atoms with Gasteiger partial charge in [0.25, 0.3) is 0 Å². The van der Waals surface area contributed by atoms with E-state index in [0.29, 0.717) is 12.1 Å². The molecular formula is C15H26IN. The molecule has 1 heterocycles. The minimum Gasteiger partial charge on any atom is -1.00 e. The first-order valence-electron chi connectivity index (χ1n) is 6.12. The van der Waals surface area contributed by atoms with Crippen molar-refractivity contribution in [1.29, 1.82) is 0 Å². The maximum absolute atomic E-state index is 4.05. The van der Waals surface area contributed by atoms with E-state index in [2.05, 4.69) is 53.3 Å². The van der Waals surface area contributed by atoms with Crippen LogP contribution >= 0.6 is 0 Å². The molecule has 0 saturated carbocycles. The molecule has 2 unspecified atom stereocenters. The lowest BCUT2D eigenvalue weighted by Gasteiger charge is -2.45. The highest BCUT2D eigenvalue weighted by Crippen LogP contribution is 2.29. The van der Waals surface area contributed by atoms with E-state index in [1.165, 1.54) is 17.6 Å². The van der Waals surface area contributed by atoms with Crippen LogP contribution in [0.5, 0.6) is 0 Å². The fourth-order valence-corrected chi connectivity index (χ4v) is 2.54. The van der Waals surface area contributed by atoms with Crippen LogP contribution < -0.4 is 24.0 Å². The second-order valence-corrected chi connectivity index (χ2v) is 5.84. The molecular weight excluding hydrogens is 321 g/mol. The molecule has 0 fully saturated rings. The van der Waals surface area contributed by atoms with Crippen molar-refractivity contribution < 1.29 is 28.5 Å². The van der Waals surface area contributed by atoms with E-state index in [1.807, 2.05) is 0 Å². The summed E-state index contributed by atoms with van der Waals surface area (Å²) in [6.45, 7) is 12.3. The molecule has 17 heavy (non-hydrogen) atoms. The molecule has 0 aliphatic carbocycles. The van der Waals surface area contributed by atoms with Gasteiger partial charge in [0, 0.05) is 19.3 Å². The Morgan fingerprint density at radius 3 is 2.18 bits per heavy atom. The molecule has 0 amide bonds. The van der Waals surface area contributed by atoms with Crippen molar-refractivity contribution in [2.24, 2.45) is 0 Å². The summed E-state index contributed by atoms with van der Waals surface area (Å²) in [5.41, 5.74) is 2.57. The SMILES string of the molecule is C=C(C)CC1C=CCC(CC(=C)C)[N+]1(C)C.[I-]. The minimum absolute atomic E-state index is 0. The zero-order valence-electron chi connectivity index (χ0n) is 11.7. The topological polar surface area (TPSA) is 0 Å². The van der Waals surface area contributed by atoms with Gasteiger partial charge in [0.2, 0.25) is 0 Å². The summed E-state index contributed by atoms with van der Waals surface area (Å²) in [6, 6.07) is 1.25. The Bertz CT molecular complexity index is 315. The molecule has 0 aromatic rings.